The minimum absolute atomic E-state index is 0.0854. The molecular weight excluding hydrogens is 344 g/mol. The molecule has 3 aromatic rings. The second-order valence-corrected chi connectivity index (χ2v) is 6.34. The number of rotatable bonds is 9. The van der Waals surface area contributed by atoms with Gasteiger partial charge >= 0.3 is 0 Å². The van der Waals surface area contributed by atoms with Gasteiger partial charge in [0, 0.05) is 18.1 Å². The zero-order valence-corrected chi connectivity index (χ0v) is 15.7. The second kappa shape index (κ2) is 9.07. The van der Waals surface area contributed by atoms with E-state index in [0.29, 0.717) is 31.0 Å². The van der Waals surface area contributed by atoms with Gasteiger partial charge < -0.3 is 18.6 Å². The SMILES string of the molecule is CCCCC(=O)N(Cc1cc(-c2ccc(OC)cc2)on1)Cc1ccco1. The average Bonchev–Trinajstić information content (AvgIpc) is 3.38. The molecule has 2 aromatic heterocycles. The van der Waals surface area contributed by atoms with Crippen LogP contribution in [-0.2, 0) is 17.9 Å². The Kier molecular flexibility index (Phi) is 6.30. The van der Waals surface area contributed by atoms with Gasteiger partial charge in [-0.2, -0.15) is 0 Å². The molecule has 0 radical (unpaired) electrons. The van der Waals surface area contributed by atoms with Crippen LogP contribution in [0.15, 0.2) is 57.7 Å². The summed E-state index contributed by atoms with van der Waals surface area (Å²) in [6, 6.07) is 13.1. The van der Waals surface area contributed by atoms with Crippen LogP contribution in [0.5, 0.6) is 5.75 Å². The van der Waals surface area contributed by atoms with E-state index in [1.54, 1.807) is 18.3 Å². The fraction of sp³-hybridized carbons (Fsp3) is 0.333. The largest absolute Gasteiger partial charge is 0.497 e. The van der Waals surface area contributed by atoms with E-state index in [1.807, 2.05) is 42.5 Å². The molecule has 0 aliphatic rings. The van der Waals surface area contributed by atoms with E-state index in [9.17, 15) is 4.79 Å². The molecule has 0 fully saturated rings. The summed E-state index contributed by atoms with van der Waals surface area (Å²) in [6.45, 7) is 2.87. The highest BCUT2D eigenvalue weighted by Crippen LogP contribution is 2.24. The fourth-order valence-electron chi connectivity index (χ4n) is 2.78. The maximum absolute atomic E-state index is 12.6. The van der Waals surface area contributed by atoms with Gasteiger partial charge in [-0.25, -0.2) is 0 Å². The van der Waals surface area contributed by atoms with E-state index in [4.69, 9.17) is 13.7 Å². The van der Waals surface area contributed by atoms with Gasteiger partial charge in [0.05, 0.1) is 26.5 Å². The number of benzene rings is 1. The number of aromatic nitrogens is 1. The van der Waals surface area contributed by atoms with Gasteiger partial charge in [-0.1, -0.05) is 18.5 Å². The van der Waals surface area contributed by atoms with Crippen molar-refractivity contribution in [1.29, 1.82) is 0 Å². The fourth-order valence-corrected chi connectivity index (χ4v) is 2.78. The van der Waals surface area contributed by atoms with Crippen molar-refractivity contribution in [1.82, 2.24) is 10.1 Å². The first-order valence-corrected chi connectivity index (χ1v) is 9.09. The highest BCUT2D eigenvalue weighted by atomic mass is 16.5. The van der Waals surface area contributed by atoms with Crippen LogP contribution in [0.2, 0.25) is 0 Å². The molecule has 0 saturated heterocycles. The normalized spacial score (nSPS) is 10.7. The van der Waals surface area contributed by atoms with Gasteiger partial charge in [-0.3, -0.25) is 4.79 Å². The molecular formula is C21H24N2O4. The van der Waals surface area contributed by atoms with Crippen molar-refractivity contribution < 1.29 is 18.5 Å². The van der Waals surface area contributed by atoms with Crippen LogP contribution in [0.4, 0.5) is 0 Å². The highest BCUT2D eigenvalue weighted by Gasteiger charge is 2.18. The number of unbranched alkanes of at least 4 members (excludes halogenated alkanes) is 1. The van der Waals surface area contributed by atoms with Gasteiger partial charge in [0.25, 0.3) is 0 Å². The van der Waals surface area contributed by atoms with Gasteiger partial charge in [-0.05, 0) is 42.8 Å². The topological polar surface area (TPSA) is 68.7 Å². The maximum Gasteiger partial charge on any atom is 0.223 e. The third-order valence-corrected chi connectivity index (χ3v) is 4.31. The zero-order chi connectivity index (χ0) is 19.1. The molecule has 1 aromatic carbocycles. The Morgan fingerprint density at radius 1 is 1.19 bits per heavy atom. The molecule has 0 aliphatic heterocycles. The number of hydrogen-bond acceptors (Lipinski definition) is 5. The van der Waals surface area contributed by atoms with E-state index in [1.165, 1.54) is 0 Å². The summed E-state index contributed by atoms with van der Waals surface area (Å²) < 4.78 is 16.0. The molecule has 142 valence electrons. The van der Waals surface area contributed by atoms with Crippen LogP contribution < -0.4 is 4.74 Å². The van der Waals surface area contributed by atoms with E-state index >= 15 is 0 Å². The summed E-state index contributed by atoms with van der Waals surface area (Å²) in [6.07, 6.45) is 3.97. The first-order valence-electron chi connectivity index (χ1n) is 9.09. The Labute approximate surface area is 158 Å². The minimum atomic E-state index is 0.0854. The summed E-state index contributed by atoms with van der Waals surface area (Å²) in [5.41, 5.74) is 1.61. The van der Waals surface area contributed by atoms with Crippen molar-refractivity contribution in [2.24, 2.45) is 0 Å². The van der Waals surface area contributed by atoms with Crippen molar-refractivity contribution in [2.45, 2.75) is 39.3 Å². The van der Waals surface area contributed by atoms with Crippen molar-refractivity contribution >= 4 is 5.91 Å². The highest BCUT2D eigenvalue weighted by molar-refractivity contribution is 5.76. The Bertz CT molecular complexity index is 837. The number of carbonyl (C=O) groups is 1. The molecule has 0 aliphatic carbocycles. The van der Waals surface area contributed by atoms with Crippen molar-refractivity contribution in [3.05, 3.63) is 60.2 Å². The third kappa shape index (κ3) is 5.00. The number of nitrogens with zero attached hydrogens (tertiary/aromatic N) is 2. The van der Waals surface area contributed by atoms with Gasteiger partial charge in [0.15, 0.2) is 5.76 Å². The first-order chi connectivity index (χ1) is 13.2. The van der Waals surface area contributed by atoms with Gasteiger partial charge in [0.1, 0.15) is 17.2 Å². The maximum atomic E-state index is 12.6. The van der Waals surface area contributed by atoms with Crippen LogP contribution in [0.1, 0.15) is 37.6 Å². The monoisotopic (exact) mass is 368 g/mol. The molecule has 1 amide bonds. The van der Waals surface area contributed by atoms with Gasteiger partial charge in [-0.15, -0.1) is 0 Å². The van der Waals surface area contributed by atoms with Gasteiger partial charge in [0.2, 0.25) is 5.91 Å². The summed E-state index contributed by atoms with van der Waals surface area (Å²) in [5.74, 6) is 2.28. The molecule has 0 bridgehead atoms. The number of hydrogen-bond donors (Lipinski definition) is 0. The molecule has 0 atom stereocenters. The number of ether oxygens (including phenoxy) is 1. The molecule has 6 heteroatoms. The molecule has 0 saturated carbocycles. The van der Waals surface area contributed by atoms with E-state index in [-0.39, 0.29) is 5.91 Å². The summed E-state index contributed by atoms with van der Waals surface area (Å²) in [5, 5.41) is 4.14. The number of furan rings is 1. The Morgan fingerprint density at radius 2 is 2.00 bits per heavy atom. The summed E-state index contributed by atoms with van der Waals surface area (Å²) in [7, 11) is 1.63. The predicted molar refractivity (Wildman–Crippen MR) is 101 cm³/mol. The van der Waals surface area contributed by atoms with Crippen LogP contribution in [0, 0.1) is 0 Å². The molecule has 27 heavy (non-hydrogen) atoms. The molecule has 6 nitrogen and oxygen atoms in total. The molecule has 0 spiro atoms. The zero-order valence-electron chi connectivity index (χ0n) is 15.7. The lowest BCUT2D eigenvalue weighted by molar-refractivity contribution is -0.132. The molecule has 2 heterocycles. The lowest BCUT2D eigenvalue weighted by atomic mass is 10.1. The Morgan fingerprint density at radius 3 is 2.67 bits per heavy atom. The van der Waals surface area contributed by atoms with Crippen molar-refractivity contribution in [3.8, 4) is 17.1 Å². The minimum Gasteiger partial charge on any atom is -0.497 e. The smallest absolute Gasteiger partial charge is 0.223 e. The number of carbonyl (C=O) groups excluding carboxylic acids is 1. The van der Waals surface area contributed by atoms with Crippen LogP contribution >= 0.6 is 0 Å². The van der Waals surface area contributed by atoms with Crippen LogP contribution in [0.25, 0.3) is 11.3 Å². The van der Waals surface area contributed by atoms with Crippen molar-refractivity contribution in [3.63, 3.8) is 0 Å². The Hall–Kier alpha value is -3.02. The first kappa shape index (κ1) is 18.8. The lowest BCUT2D eigenvalue weighted by Crippen LogP contribution is -2.29. The number of amides is 1. The quantitative estimate of drug-likeness (QED) is 0.549. The van der Waals surface area contributed by atoms with E-state index in [2.05, 4.69) is 12.1 Å². The second-order valence-electron chi connectivity index (χ2n) is 6.34. The standard InChI is InChI=1S/C21H24N2O4/c1-3-4-7-21(24)23(15-19-6-5-12-26-19)14-17-13-20(27-22-17)16-8-10-18(25-2)11-9-16/h5-6,8-13H,3-4,7,14-15H2,1-2H3. The summed E-state index contributed by atoms with van der Waals surface area (Å²) >= 11 is 0. The lowest BCUT2D eigenvalue weighted by Gasteiger charge is -2.20. The summed E-state index contributed by atoms with van der Waals surface area (Å²) in [4.78, 5) is 14.3. The molecule has 0 N–H and O–H groups in total. The van der Waals surface area contributed by atoms with E-state index in [0.717, 1.165) is 29.9 Å². The van der Waals surface area contributed by atoms with Crippen LogP contribution in [-0.4, -0.2) is 23.1 Å². The molecule has 0 unspecified atom stereocenters. The predicted octanol–water partition coefficient (Wildman–Crippen LogP) is 4.66. The third-order valence-electron chi connectivity index (χ3n) is 4.31. The van der Waals surface area contributed by atoms with E-state index < -0.39 is 0 Å². The molecule has 3 rings (SSSR count). The van der Waals surface area contributed by atoms with Crippen molar-refractivity contribution in [2.75, 3.05) is 7.11 Å². The average molecular weight is 368 g/mol. The Balaban J connectivity index is 1.72. The number of methoxy groups -OCH3 is 1. The van der Waals surface area contributed by atoms with Crippen LogP contribution in [0.3, 0.4) is 0 Å².